The highest BCUT2D eigenvalue weighted by atomic mass is 16.6. The number of carboxylic acids is 1. The van der Waals surface area contributed by atoms with Crippen molar-refractivity contribution in [2.24, 2.45) is 5.73 Å². The highest BCUT2D eigenvalue weighted by molar-refractivity contribution is 6.07. The number of aromatic carboxylic acids is 1. The first-order valence-electron chi connectivity index (χ1n) is 23.9. The zero-order valence-electron chi connectivity index (χ0n) is 42.1. The second kappa shape index (κ2) is 29.2. The molecule has 0 heterocycles. The average molecular weight is 1040 g/mol. The first-order valence-corrected chi connectivity index (χ1v) is 23.9. The van der Waals surface area contributed by atoms with Gasteiger partial charge in [0.2, 0.25) is 5.91 Å². The van der Waals surface area contributed by atoms with Gasteiger partial charge in [0.05, 0.1) is 59.3 Å². The molecule has 3 amide bonds. The molecule has 0 saturated carbocycles. The van der Waals surface area contributed by atoms with Crippen molar-refractivity contribution in [3.8, 4) is 23.0 Å². The lowest BCUT2D eigenvalue weighted by Crippen LogP contribution is -2.15. The van der Waals surface area contributed by atoms with E-state index >= 15 is 0 Å². The average Bonchev–Trinajstić information content (AvgIpc) is 3.40. The molecule has 6 aromatic rings. The monoisotopic (exact) mass is 1040 g/mol. The van der Waals surface area contributed by atoms with Crippen molar-refractivity contribution in [2.45, 2.75) is 65.6 Å². The van der Waals surface area contributed by atoms with E-state index in [1.165, 1.54) is 68.6 Å². The molecule has 8 N–H and O–H groups in total. The number of carbonyl (C=O) groups excluding carboxylic acids is 4. The summed E-state index contributed by atoms with van der Waals surface area (Å²) in [7, 11) is 1.28. The van der Waals surface area contributed by atoms with Gasteiger partial charge in [-0.2, -0.15) is 0 Å². The van der Waals surface area contributed by atoms with E-state index < -0.39 is 28.7 Å². The lowest BCUT2D eigenvalue weighted by Gasteiger charge is -2.16. The predicted octanol–water partition coefficient (Wildman–Crippen LogP) is 10.5. The third-order valence-corrected chi connectivity index (χ3v) is 10.9. The maximum absolute atomic E-state index is 13.2. The quantitative estimate of drug-likeness (QED) is 0.00664. The number of nitrogens with zero attached hydrogens (tertiary/aromatic N) is 1. The molecule has 20 heteroatoms. The molecule has 0 fully saturated rings. The smallest absolute Gasteiger partial charge is 0.337 e. The van der Waals surface area contributed by atoms with E-state index in [2.05, 4.69) is 16.0 Å². The van der Waals surface area contributed by atoms with Crippen molar-refractivity contribution in [2.75, 3.05) is 36.3 Å². The van der Waals surface area contributed by atoms with Gasteiger partial charge in [-0.25, -0.2) is 9.59 Å². The Morgan fingerprint density at radius 2 is 1.00 bits per heavy atom. The zero-order valence-corrected chi connectivity index (χ0v) is 42.1. The number of hydrogen-bond donors (Lipinski definition) is 7. The molecule has 6 aromatic carbocycles. The van der Waals surface area contributed by atoms with E-state index in [1.54, 1.807) is 25.1 Å². The van der Waals surface area contributed by atoms with Gasteiger partial charge in [-0.1, -0.05) is 60.7 Å². The summed E-state index contributed by atoms with van der Waals surface area (Å²) in [5, 5.41) is 43.9. The molecule has 76 heavy (non-hydrogen) atoms. The van der Waals surface area contributed by atoms with E-state index in [0.717, 1.165) is 17.5 Å². The maximum atomic E-state index is 13.2. The molecule has 6 rings (SSSR count). The number of hydrogen-bond acceptors (Lipinski definition) is 14. The van der Waals surface area contributed by atoms with Crippen LogP contribution in [-0.2, 0) is 22.7 Å². The number of methoxy groups -OCH3 is 1. The van der Waals surface area contributed by atoms with Crippen molar-refractivity contribution >= 4 is 64.0 Å². The number of nitrogens with one attached hydrogen (secondary N) is 5. The summed E-state index contributed by atoms with van der Waals surface area (Å²) in [4.78, 5) is 72.3. The molecule has 0 unspecified atom stereocenters. The highest BCUT2D eigenvalue weighted by Crippen LogP contribution is 2.33. The number of nitrogens with two attached hydrogens (primary N) is 1. The largest absolute Gasteiger partial charge is 0.491 e. The predicted molar refractivity (Wildman–Crippen MR) is 286 cm³/mol. The van der Waals surface area contributed by atoms with Gasteiger partial charge in [-0.3, -0.25) is 29.9 Å². The van der Waals surface area contributed by atoms with E-state index in [1.807, 2.05) is 60.7 Å². The summed E-state index contributed by atoms with van der Waals surface area (Å²) >= 11 is 0. The zero-order chi connectivity index (χ0) is 55.0. The van der Waals surface area contributed by atoms with Crippen molar-refractivity contribution in [1.82, 2.24) is 0 Å². The normalized spacial score (nSPS) is 10.4. The van der Waals surface area contributed by atoms with Gasteiger partial charge in [0.15, 0.2) is 5.75 Å². The van der Waals surface area contributed by atoms with Crippen LogP contribution in [0.4, 0.5) is 22.7 Å². The molecule has 0 saturated heterocycles. The molecular formula is C56H59N7O13. The number of carboxylic acid groups (broad SMARTS) is 1. The van der Waals surface area contributed by atoms with Gasteiger partial charge < -0.3 is 55.9 Å². The summed E-state index contributed by atoms with van der Waals surface area (Å²) in [6, 6.07) is 35.6. The van der Waals surface area contributed by atoms with E-state index in [4.69, 9.17) is 40.2 Å². The van der Waals surface area contributed by atoms with Gasteiger partial charge in [-0.15, -0.1) is 0 Å². The molecule has 0 bridgehead atoms. The lowest BCUT2D eigenvalue weighted by molar-refractivity contribution is -0.385. The number of rotatable bonds is 26. The summed E-state index contributed by atoms with van der Waals surface area (Å²) < 4.78 is 28.0. The Morgan fingerprint density at radius 1 is 0.566 bits per heavy atom. The Labute approximate surface area is 438 Å². The van der Waals surface area contributed by atoms with Crippen molar-refractivity contribution in [3.63, 3.8) is 0 Å². The van der Waals surface area contributed by atoms with Crippen LogP contribution in [0.2, 0.25) is 0 Å². The second-order valence-corrected chi connectivity index (χ2v) is 16.9. The van der Waals surface area contributed by atoms with Crippen molar-refractivity contribution in [3.05, 3.63) is 177 Å². The Morgan fingerprint density at radius 3 is 1.49 bits per heavy atom. The minimum absolute atomic E-state index is 0.00649. The first-order chi connectivity index (χ1) is 36.5. The third-order valence-electron chi connectivity index (χ3n) is 10.9. The number of amidine groups is 1. The number of amides is 3. The van der Waals surface area contributed by atoms with E-state index in [0.29, 0.717) is 73.9 Å². The Hall–Kier alpha value is -9.59. The number of unbranched alkanes of at least 4 members (excludes halogenated alkanes) is 2. The van der Waals surface area contributed by atoms with Crippen LogP contribution in [0, 0.1) is 20.9 Å². The number of anilines is 3. The number of benzene rings is 6. The molecule has 0 aliphatic rings. The fourth-order valence-electron chi connectivity index (χ4n) is 7.00. The highest BCUT2D eigenvalue weighted by Gasteiger charge is 2.21. The van der Waals surface area contributed by atoms with Crippen LogP contribution in [0.25, 0.3) is 0 Å². The molecule has 0 aliphatic carbocycles. The van der Waals surface area contributed by atoms with Crippen LogP contribution in [0.3, 0.4) is 0 Å². The Balaban J connectivity index is 0.000000281. The number of ether oxygens (including phenoxy) is 5. The minimum atomic E-state index is -1.14. The van der Waals surface area contributed by atoms with Crippen LogP contribution in [-0.4, -0.2) is 71.6 Å². The summed E-state index contributed by atoms with van der Waals surface area (Å²) in [5.41, 5.74) is 9.09. The summed E-state index contributed by atoms with van der Waals surface area (Å²) in [5.74, 6) is -2.10. The van der Waals surface area contributed by atoms with Crippen LogP contribution in [0.1, 0.15) is 105 Å². The minimum Gasteiger partial charge on any atom is -0.491 e. The molecule has 0 atom stereocenters. The molecule has 0 radical (unpaired) electrons. The van der Waals surface area contributed by atoms with Gasteiger partial charge >= 0.3 is 17.6 Å². The molecule has 0 aliphatic heterocycles. The number of nitro benzene ring substituents is 1. The topological polar surface area (TPSA) is 305 Å². The van der Waals surface area contributed by atoms with Crippen LogP contribution in [0.15, 0.2) is 133 Å². The molecule has 396 valence electrons. The standard InChI is InChI=1S/C28H37N5O6.C28H22N2O7/c1-18(29)8-4-6-14-39-25-17-21(28(36)37-3)11-13-23(25)33-27(35)20-10-12-22(32-19(2)34)24(16-20)38-15-7-5-9-26(30)31;31-27(21-12-14-24(30(34)35)26(15-21)37-18-20-9-5-2-6-10-20)29-23-13-11-22(28(32)33)16-25(23)36-17-19-7-3-1-4-8-19/h10-13,16-17,29H,4-9,14-15H2,1-3H3,(H3,30,31)(H,32,34)(H,33,35);1-16H,17-18H2,(H,29,31)(H,32,33). The first kappa shape index (κ1) is 57.3. The Kier molecular flexibility index (Phi) is 22.0. The second-order valence-electron chi connectivity index (χ2n) is 16.9. The van der Waals surface area contributed by atoms with Crippen molar-refractivity contribution < 1.29 is 57.7 Å². The van der Waals surface area contributed by atoms with E-state index in [-0.39, 0.29) is 70.1 Å². The summed E-state index contributed by atoms with van der Waals surface area (Å²) in [6.45, 7) is 4.02. The number of esters is 1. The fraction of sp³-hybridized carbons (Fsp3) is 0.232. The fourth-order valence-corrected chi connectivity index (χ4v) is 7.00. The third kappa shape index (κ3) is 18.5. The lowest BCUT2D eigenvalue weighted by atomic mass is 10.1. The number of nitro groups is 1. The van der Waals surface area contributed by atoms with Crippen LogP contribution < -0.4 is 40.6 Å². The van der Waals surface area contributed by atoms with E-state index in [9.17, 15) is 39.2 Å². The van der Waals surface area contributed by atoms with Gasteiger partial charge in [0, 0.05) is 42.3 Å². The maximum Gasteiger partial charge on any atom is 0.337 e. The SMILES string of the molecule is COC(=O)c1ccc(NC(=O)c2ccc(NC(C)=O)c(OCCCCC(=N)N)c2)c(OCCCCC(C)=N)c1.O=C(O)c1ccc(NC(=O)c2ccc([N+](=O)[O-])c(OCc3ccccc3)c2)c(OCc2ccccc2)c1. The van der Waals surface area contributed by atoms with Gasteiger partial charge in [0.25, 0.3) is 11.8 Å². The Bertz CT molecular complexity index is 3020. The molecular weight excluding hydrogens is 979 g/mol. The molecule has 0 spiro atoms. The van der Waals surface area contributed by atoms with Crippen LogP contribution >= 0.6 is 0 Å². The van der Waals surface area contributed by atoms with Crippen molar-refractivity contribution in [1.29, 1.82) is 10.8 Å². The summed E-state index contributed by atoms with van der Waals surface area (Å²) in [6.07, 6.45) is 3.94. The number of carbonyl (C=O) groups is 5. The molecule has 0 aromatic heterocycles. The van der Waals surface area contributed by atoms with Gasteiger partial charge in [0.1, 0.15) is 30.5 Å². The van der Waals surface area contributed by atoms with Crippen LogP contribution in [0.5, 0.6) is 23.0 Å². The molecule has 20 nitrogen and oxygen atoms in total. The van der Waals surface area contributed by atoms with Gasteiger partial charge in [-0.05, 0) is 111 Å².